The Kier molecular flexibility index (Phi) is 4.96. The number of rotatable bonds is 5. The van der Waals surface area contributed by atoms with E-state index in [1.54, 1.807) is 0 Å². The number of benzene rings is 3. The standard InChI is InChI=1S/C20H19N3O/c1-2-8-20(24)21-18-13-14-19(17-12-7-6-11-16(17)18)23-22-15-9-4-3-5-10-15/h3-7,9-14H,2,8H2,1H3,(H,21,24). The topological polar surface area (TPSA) is 53.8 Å². The SMILES string of the molecule is CCCC(=O)Nc1ccc(N=Nc2ccccc2)c2ccccc12. The quantitative estimate of drug-likeness (QED) is 0.577. The molecular weight excluding hydrogens is 298 g/mol. The second kappa shape index (κ2) is 7.51. The van der Waals surface area contributed by atoms with Gasteiger partial charge in [-0.15, -0.1) is 5.11 Å². The first-order chi connectivity index (χ1) is 11.8. The summed E-state index contributed by atoms with van der Waals surface area (Å²) < 4.78 is 0. The highest BCUT2D eigenvalue weighted by Gasteiger charge is 2.08. The third kappa shape index (κ3) is 3.66. The summed E-state index contributed by atoms with van der Waals surface area (Å²) >= 11 is 0. The molecule has 1 amide bonds. The molecule has 0 aliphatic carbocycles. The van der Waals surface area contributed by atoms with Gasteiger partial charge in [-0.3, -0.25) is 4.79 Å². The maximum Gasteiger partial charge on any atom is 0.224 e. The third-order valence-electron chi connectivity index (χ3n) is 3.68. The van der Waals surface area contributed by atoms with Gasteiger partial charge in [-0.05, 0) is 30.7 Å². The van der Waals surface area contributed by atoms with Gasteiger partial charge < -0.3 is 5.32 Å². The fraction of sp³-hybridized carbons (Fsp3) is 0.150. The van der Waals surface area contributed by atoms with Gasteiger partial charge in [0.05, 0.1) is 11.4 Å². The molecule has 1 N–H and O–H groups in total. The van der Waals surface area contributed by atoms with Crippen LogP contribution in [-0.2, 0) is 4.79 Å². The van der Waals surface area contributed by atoms with Crippen LogP contribution in [0, 0.1) is 0 Å². The summed E-state index contributed by atoms with van der Waals surface area (Å²) in [6.45, 7) is 1.99. The summed E-state index contributed by atoms with van der Waals surface area (Å²) in [5.41, 5.74) is 2.40. The van der Waals surface area contributed by atoms with E-state index in [0.717, 1.165) is 34.3 Å². The molecule has 3 aromatic rings. The van der Waals surface area contributed by atoms with Gasteiger partial charge in [-0.1, -0.05) is 49.4 Å². The Morgan fingerprint density at radius 1 is 0.875 bits per heavy atom. The summed E-state index contributed by atoms with van der Waals surface area (Å²) in [6, 6.07) is 21.3. The Morgan fingerprint density at radius 2 is 1.58 bits per heavy atom. The first-order valence-corrected chi connectivity index (χ1v) is 8.06. The first-order valence-electron chi connectivity index (χ1n) is 8.06. The van der Waals surface area contributed by atoms with E-state index in [1.807, 2.05) is 73.7 Å². The Labute approximate surface area is 141 Å². The highest BCUT2D eigenvalue weighted by Crippen LogP contribution is 2.32. The Bertz CT molecular complexity index is 872. The molecule has 0 heterocycles. The lowest BCUT2D eigenvalue weighted by molar-refractivity contribution is -0.116. The van der Waals surface area contributed by atoms with Crippen molar-refractivity contribution in [2.45, 2.75) is 19.8 Å². The lowest BCUT2D eigenvalue weighted by Gasteiger charge is -2.10. The molecule has 0 aromatic heterocycles. The van der Waals surface area contributed by atoms with Gasteiger partial charge in [-0.2, -0.15) is 5.11 Å². The number of azo groups is 1. The molecule has 120 valence electrons. The van der Waals surface area contributed by atoms with Gasteiger partial charge in [0, 0.05) is 22.9 Å². The summed E-state index contributed by atoms with van der Waals surface area (Å²) in [7, 11) is 0. The van der Waals surface area contributed by atoms with Crippen LogP contribution >= 0.6 is 0 Å². The first kappa shape index (κ1) is 15.9. The molecule has 0 radical (unpaired) electrons. The number of fused-ring (bicyclic) bond motifs is 1. The van der Waals surface area contributed by atoms with Crippen molar-refractivity contribution in [2.24, 2.45) is 10.2 Å². The molecule has 0 saturated carbocycles. The molecule has 3 rings (SSSR count). The van der Waals surface area contributed by atoms with Crippen LogP contribution in [0.4, 0.5) is 17.1 Å². The summed E-state index contributed by atoms with van der Waals surface area (Å²) in [5.74, 6) is 0.0290. The monoisotopic (exact) mass is 317 g/mol. The number of anilines is 1. The molecular formula is C20H19N3O. The number of carbonyl (C=O) groups excluding carboxylic acids is 1. The van der Waals surface area contributed by atoms with Crippen LogP contribution in [0.3, 0.4) is 0 Å². The van der Waals surface area contributed by atoms with E-state index < -0.39 is 0 Å². The molecule has 0 atom stereocenters. The van der Waals surface area contributed by atoms with Gasteiger partial charge >= 0.3 is 0 Å². The van der Waals surface area contributed by atoms with Crippen molar-refractivity contribution in [3.8, 4) is 0 Å². The van der Waals surface area contributed by atoms with Crippen molar-refractivity contribution in [1.82, 2.24) is 0 Å². The zero-order chi connectivity index (χ0) is 16.8. The number of amides is 1. The molecule has 3 aromatic carbocycles. The average molecular weight is 317 g/mol. The van der Waals surface area contributed by atoms with Crippen molar-refractivity contribution >= 4 is 33.7 Å². The minimum Gasteiger partial charge on any atom is -0.326 e. The molecule has 0 aliphatic heterocycles. The highest BCUT2D eigenvalue weighted by atomic mass is 16.1. The summed E-state index contributed by atoms with van der Waals surface area (Å²) in [4.78, 5) is 11.9. The molecule has 0 bridgehead atoms. The van der Waals surface area contributed by atoms with Crippen LogP contribution in [0.5, 0.6) is 0 Å². The normalized spacial score (nSPS) is 11.0. The van der Waals surface area contributed by atoms with Gasteiger partial charge in [0.25, 0.3) is 0 Å². The lowest BCUT2D eigenvalue weighted by Crippen LogP contribution is -2.10. The van der Waals surface area contributed by atoms with Crippen molar-refractivity contribution < 1.29 is 4.79 Å². The summed E-state index contributed by atoms with van der Waals surface area (Å²) in [6.07, 6.45) is 1.34. The number of nitrogens with one attached hydrogen (secondary N) is 1. The van der Waals surface area contributed by atoms with Crippen LogP contribution in [0.1, 0.15) is 19.8 Å². The maximum atomic E-state index is 11.9. The van der Waals surface area contributed by atoms with Crippen molar-refractivity contribution in [3.05, 3.63) is 66.7 Å². The van der Waals surface area contributed by atoms with Crippen LogP contribution in [0.2, 0.25) is 0 Å². The highest BCUT2D eigenvalue weighted by molar-refractivity contribution is 6.05. The predicted octanol–water partition coefficient (Wildman–Crippen LogP) is 5.99. The van der Waals surface area contributed by atoms with E-state index in [2.05, 4.69) is 15.5 Å². The Balaban J connectivity index is 1.96. The van der Waals surface area contributed by atoms with E-state index in [1.165, 1.54) is 0 Å². The smallest absolute Gasteiger partial charge is 0.224 e. The lowest BCUT2D eigenvalue weighted by atomic mass is 10.1. The predicted molar refractivity (Wildman–Crippen MR) is 98.1 cm³/mol. The van der Waals surface area contributed by atoms with E-state index >= 15 is 0 Å². The molecule has 0 saturated heterocycles. The van der Waals surface area contributed by atoms with Gasteiger partial charge in [0.1, 0.15) is 0 Å². The van der Waals surface area contributed by atoms with Crippen LogP contribution in [-0.4, -0.2) is 5.91 Å². The molecule has 0 aliphatic rings. The molecule has 0 spiro atoms. The Hall–Kier alpha value is -3.01. The van der Waals surface area contributed by atoms with E-state index in [9.17, 15) is 4.79 Å². The van der Waals surface area contributed by atoms with Crippen molar-refractivity contribution in [2.75, 3.05) is 5.32 Å². The van der Waals surface area contributed by atoms with E-state index in [4.69, 9.17) is 0 Å². The minimum absolute atomic E-state index is 0.0290. The Morgan fingerprint density at radius 3 is 2.33 bits per heavy atom. The zero-order valence-corrected chi connectivity index (χ0v) is 13.6. The number of carbonyl (C=O) groups is 1. The average Bonchev–Trinajstić information content (AvgIpc) is 2.62. The molecule has 4 nitrogen and oxygen atoms in total. The van der Waals surface area contributed by atoms with E-state index in [-0.39, 0.29) is 5.91 Å². The van der Waals surface area contributed by atoms with Crippen molar-refractivity contribution in [1.29, 1.82) is 0 Å². The summed E-state index contributed by atoms with van der Waals surface area (Å²) in [5, 5.41) is 13.6. The minimum atomic E-state index is 0.0290. The van der Waals surface area contributed by atoms with Crippen LogP contribution in [0.15, 0.2) is 77.0 Å². The number of hydrogen-bond donors (Lipinski definition) is 1. The van der Waals surface area contributed by atoms with Crippen LogP contribution in [0.25, 0.3) is 10.8 Å². The largest absolute Gasteiger partial charge is 0.326 e. The van der Waals surface area contributed by atoms with Gasteiger partial charge in [-0.25, -0.2) is 0 Å². The van der Waals surface area contributed by atoms with Crippen LogP contribution < -0.4 is 5.32 Å². The van der Waals surface area contributed by atoms with Gasteiger partial charge in [0.15, 0.2) is 0 Å². The second-order valence-corrected chi connectivity index (χ2v) is 5.51. The molecule has 24 heavy (non-hydrogen) atoms. The number of hydrogen-bond acceptors (Lipinski definition) is 3. The fourth-order valence-electron chi connectivity index (χ4n) is 2.53. The van der Waals surface area contributed by atoms with Crippen molar-refractivity contribution in [3.63, 3.8) is 0 Å². The third-order valence-corrected chi connectivity index (χ3v) is 3.68. The molecule has 0 fully saturated rings. The maximum absolute atomic E-state index is 11.9. The van der Waals surface area contributed by atoms with E-state index in [0.29, 0.717) is 6.42 Å². The zero-order valence-electron chi connectivity index (χ0n) is 13.6. The molecule has 4 heteroatoms. The van der Waals surface area contributed by atoms with Gasteiger partial charge in [0.2, 0.25) is 5.91 Å². The molecule has 0 unspecified atom stereocenters. The number of nitrogens with zero attached hydrogens (tertiary/aromatic N) is 2. The fourth-order valence-corrected chi connectivity index (χ4v) is 2.53. The second-order valence-electron chi connectivity index (χ2n) is 5.51.